The van der Waals surface area contributed by atoms with Crippen molar-refractivity contribution in [2.75, 3.05) is 12.6 Å². The number of esters is 1. The maximum atomic E-state index is 13.1. The Labute approximate surface area is 203 Å². The van der Waals surface area contributed by atoms with Gasteiger partial charge >= 0.3 is 5.97 Å². The van der Waals surface area contributed by atoms with Gasteiger partial charge in [-0.15, -0.1) is 0 Å². The predicted molar refractivity (Wildman–Crippen MR) is 127 cm³/mol. The third-order valence-corrected chi connectivity index (χ3v) is 9.98. The zero-order valence-electron chi connectivity index (χ0n) is 19.7. The first-order chi connectivity index (χ1) is 16.3. The van der Waals surface area contributed by atoms with E-state index in [1.54, 1.807) is 19.1 Å². The molecule has 0 N–H and O–H groups in total. The second-order valence-corrected chi connectivity index (χ2v) is 11.5. The Hall–Kier alpha value is -2.15. The molecule has 1 aromatic rings. The van der Waals surface area contributed by atoms with Crippen molar-refractivity contribution in [3.05, 3.63) is 47.5 Å². The highest BCUT2D eigenvalue weighted by Gasteiger charge is 2.62. The molecule has 0 aliphatic heterocycles. The summed E-state index contributed by atoms with van der Waals surface area (Å²) in [7, 11) is 0. The largest absolute Gasteiger partial charge is 0.469 e. The Morgan fingerprint density at radius 1 is 1.24 bits per heavy atom. The summed E-state index contributed by atoms with van der Waals surface area (Å²) in [6.07, 6.45) is 12.1. The first kappa shape index (κ1) is 23.6. The molecule has 0 saturated heterocycles. The molecule has 5 nitrogen and oxygen atoms in total. The summed E-state index contributed by atoms with van der Waals surface area (Å²) in [4.78, 5) is 37.9. The summed E-state index contributed by atoms with van der Waals surface area (Å²) >= 11 is 0.745. The number of rotatable bonds is 5. The molecule has 0 aromatic carbocycles. The quantitative estimate of drug-likeness (QED) is 0.487. The van der Waals surface area contributed by atoms with E-state index in [-0.39, 0.29) is 34.8 Å². The zero-order chi connectivity index (χ0) is 24.1. The van der Waals surface area contributed by atoms with Gasteiger partial charge in [-0.1, -0.05) is 30.3 Å². The molecule has 0 spiro atoms. The maximum Gasteiger partial charge on any atom is 0.341 e. The van der Waals surface area contributed by atoms with Crippen LogP contribution in [0.25, 0.3) is 0 Å². The van der Waals surface area contributed by atoms with E-state index in [0.29, 0.717) is 29.6 Å². The van der Waals surface area contributed by atoms with Gasteiger partial charge in [0.1, 0.15) is 17.3 Å². The van der Waals surface area contributed by atoms with E-state index in [0.717, 1.165) is 43.9 Å². The molecule has 1 heterocycles. The molecule has 182 valence electrons. The minimum atomic E-state index is -0.735. The van der Waals surface area contributed by atoms with Crippen molar-refractivity contribution in [2.24, 2.45) is 34.5 Å². The number of hydrogen-bond acceptors (Lipinski definition) is 6. The minimum Gasteiger partial charge on any atom is -0.469 e. The molecule has 0 amide bonds. The van der Waals surface area contributed by atoms with Crippen LogP contribution < -0.4 is 0 Å². The summed E-state index contributed by atoms with van der Waals surface area (Å²) in [5, 5.41) is -0.121. The Balaban J connectivity index is 1.45. The third kappa shape index (κ3) is 3.62. The standard InChI is InChI=1S/C27H31FO5S/c1-16-19(9-12-32-16)24(30)33-14-27-11-8-21-20(22(27)5-6-23(27)25(31)34-15-28)4-3-17-13-18(29)7-10-26(17,21)2/h7,9-10,12-13,20-23H,3-6,8,11,14-15H2,1-2H3/t20-,21+,22+,23-,26+,27-/m1/s1. The predicted octanol–water partition coefficient (Wildman–Crippen LogP) is 5.84. The highest BCUT2D eigenvalue weighted by atomic mass is 32.2. The number of allylic oxidation sites excluding steroid dienone is 4. The molecule has 4 aliphatic carbocycles. The Kier molecular flexibility index (Phi) is 6.11. The van der Waals surface area contributed by atoms with E-state index in [4.69, 9.17) is 9.15 Å². The van der Waals surface area contributed by atoms with Crippen molar-refractivity contribution in [1.29, 1.82) is 0 Å². The van der Waals surface area contributed by atoms with Gasteiger partial charge in [0, 0.05) is 16.7 Å². The molecule has 34 heavy (non-hydrogen) atoms. The molecular weight excluding hydrogens is 455 g/mol. The lowest BCUT2D eigenvalue weighted by molar-refractivity contribution is -0.126. The summed E-state index contributed by atoms with van der Waals surface area (Å²) in [6, 6.07) is 0.869. The number of furan rings is 1. The molecule has 0 radical (unpaired) electrons. The lowest BCUT2D eigenvalue weighted by atomic mass is 9.47. The van der Waals surface area contributed by atoms with E-state index >= 15 is 0 Å². The van der Waals surface area contributed by atoms with Gasteiger partial charge in [0.25, 0.3) is 0 Å². The molecule has 5 rings (SSSR count). The van der Waals surface area contributed by atoms with Crippen LogP contribution >= 0.6 is 11.8 Å². The average molecular weight is 487 g/mol. The number of aryl methyl sites for hydroxylation is 1. The number of ether oxygens (including phenoxy) is 1. The number of thioether (sulfide) groups is 1. The number of fused-ring (bicyclic) bond motifs is 5. The van der Waals surface area contributed by atoms with Crippen molar-refractivity contribution in [1.82, 2.24) is 0 Å². The van der Waals surface area contributed by atoms with Crippen molar-refractivity contribution in [3.8, 4) is 0 Å². The minimum absolute atomic E-state index is 0.0623. The summed E-state index contributed by atoms with van der Waals surface area (Å²) < 4.78 is 24.3. The molecule has 0 unspecified atom stereocenters. The summed E-state index contributed by atoms with van der Waals surface area (Å²) in [5.41, 5.74) is 0.995. The number of carbonyl (C=O) groups excluding carboxylic acids is 3. The Bertz CT molecular complexity index is 1070. The number of carbonyl (C=O) groups is 3. The van der Waals surface area contributed by atoms with Gasteiger partial charge in [0.2, 0.25) is 0 Å². The zero-order valence-corrected chi connectivity index (χ0v) is 20.5. The van der Waals surface area contributed by atoms with Gasteiger partial charge in [-0.3, -0.25) is 9.59 Å². The van der Waals surface area contributed by atoms with Crippen molar-refractivity contribution >= 4 is 28.6 Å². The topological polar surface area (TPSA) is 73.6 Å². The van der Waals surface area contributed by atoms with Crippen molar-refractivity contribution < 1.29 is 27.9 Å². The van der Waals surface area contributed by atoms with Gasteiger partial charge in [-0.2, -0.15) is 0 Å². The lowest BCUT2D eigenvalue weighted by Gasteiger charge is -2.57. The van der Waals surface area contributed by atoms with Crippen LogP contribution in [0.4, 0.5) is 4.39 Å². The lowest BCUT2D eigenvalue weighted by Crippen LogP contribution is -2.53. The van der Waals surface area contributed by atoms with Crippen molar-refractivity contribution in [2.45, 2.75) is 52.4 Å². The SMILES string of the molecule is Cc1occc1C(=O)OC[C@]12CC[C@H]3[C@@H](CCC4=CC(=O)C=C[C@@]43C)[C@@H]1CC[C@@H]2C(=O)SCF. The van der Waals surface area contributed by atoms with Gasteiger partial charge in [-0.05, 0) is 81.4 Å². The highest BCUT2D eigenvalue weighted by molar-refractivity contribution is 8.13. The Morgan fingerprint density at radius 3 is 2.79 bits per heavy atom. The molecule has 3 fully saturated rings. The molecule has 0 bridgehead atoms. The summed E-state index contributed by atoms with van der Waals surface area (Å²) in [5.74, 6) is 0.794. The molecule has 1 aromatic heterocycles. The smallest absolute Gasteiger partial charge is 0.341 e. The molecular formula is C27H31FO5S. The van der Waals surface area contributed by atoms with Crippen LogP contribution in [0.5, 0.6) is 0 Å². The van der Waals surface area contributed by atoms with Crippen LogP contribution in [-0.4, -0.2) is 29.5 Å². The fourth-order valence-corrected chi connectivity index (χ4v) is 8.33. The molecule has 3 saturated carbocycles. The van der Waals surface area contributed by atoms with Gasteiger partial charge in [0.05, 0.1) is 12.9 Å². The van der Waals surface area contributed by atoms with Crippen LogP contribution in [0.3, 0.4) is 0 Å². The molecule has 7 heteroatoms. The van der Waals surface area contributed by atoms with Crippen LogP contribution in [-0.2, 0) is 14.3 Å². The highest BCUT2D eigenvalue weighted by Crippen LogP contribution is 2.66. The first-order valence-electron chi connectivity index (χ1n) is 12.2. The van der Waals surface area contributed by atoms with E-state index in [1.165, 1.54) is 11.8 Å². The second-order valence-electron chi connectivity index (χ2n) is 10.5. The Morgan fingerprint density at radius 2 is 2.06 bits per heavy atom. The number of alkyl halides is 1. The van der Waals surface area contributed by atoms with Gasteiger partial charge in [0.15, 0.2) is 10.9 Å². The van der Waals surface area contributed by atoms with Crippen LogP contribution in [0, 0.1) is 41.4 Å². The van der Waals surface area contributed by atoms with E-state index < -0.39 is 17.4 Å². The normalized spacial score (nSPS) is 36.3. The third-order valence-electron chi connectivity index (χ3n) is 9.30. The van der Waals surface area contributed by atoms with Crippen LogP contribution in [0.2, 0.25) is 0 Å². The van der Waals surface area contributed by atoms with Crippen molar-refractivity contribution in [3.63, 3.8) is 0 Å². The van der Waals surface area contributed by atoms with Gasteiger partial charge < -0.3 is 9.15 Å². The monoisotopic (exact) mass is 486 g/mol. The number of halogens is 1. The number of hydrogen-bond donors (Lipinski definition) is 0. The second kappa shape index (κ2) is 8.81. The first-order valence-corrected chi connectivity index (χ1v) is 13.2. The van der Waals surface area contributed by atoms with E-state index in [1.807, 2.05) is 6.08 Å². The molecule has 6 atom stereocenters. The fraction of sp³-hybridized carbons (Fsp3) is 0.593. The maximum absolute atomic E-state index is 13.1. The average Bonchev–Trinajstić information content (AvgIpc) is 3.42. The van der Waals surface area contributed by atoms with Crippen LogP contribution in [0.1, 0.15) is 61.6 Å². The van der Waals surface area contributed by atoms with Gasteiger partial charge in [-0.25, -0.2) is 9.18 Å². The van der Waals surface area contributed by atoms with Crippen LogP contribution in [0.15, 0.2) is 40.5 Å². The van der Waals surface area contributed by atoms with E-state index in [2.05, 4.69) is 13.0 Å². The van der Waals surface area contributed by atoms with E-state index in [9.17, 15) is 18.8 Å². The summed E-state index contributed by atoms with van der Waals surface area (Å²) in [6.45, 7) is 4.13. The number of ketones is 1. The molecule has 4 aliphatic rings. The fourth-order valence-electron chi connectivity index (χ4n) is 7.67.